The summed E-state index contributed by atoms with van der Waals surface area (Å²) in [6.45, 7) is 7.45. The standard InChI is InChI=1S/C12H17NO3/c1-5-9(4)16-11-10(12(14)15)7(2)6-8(3)13-11/h6,9H,5H2,1-4H3,(H,14,15). The normalized spacial score (nSPS) is 12.2. The van der Waals surface area contributed by atoms with E-state index < -0.39 is 5.97 Å². The highest BCUT2D eigenvalue weighted by Gasteiger charge is 2.18. The second-order valence-electron chi connectivity index (χ2n) is 3.90. The van der Waals surface area contributed by atoms with Gasteiger partial charge in [-0.2, -0.15) is 0 Å². The van der Waals surface area contributed by atoms with Crippen LogP contribution in [0.15, 0.2) is 6.07 Å². The Kier molecular flexibility index (Phi) is 3.88. The third-order valence-electron chi connectivity index (χ3n) is 2.41. The van der Waals surface area contributed by atoms with Crippen LogP contribution < -0.4 is 4.74 Å². The number of nitrogens with zero attached hydrogens (tertiary/aromatic N) is 1. The molecule has 88 valence electrons. The van der Waals surface area contributed by atoms with Crippen LogP contribution in [0.5, 0.6) is 5.88 Å². The average molecular weight is 223 g/mol. The predicted octanol–water partition coefficient (Wildman–Crippen LogP) is 2.57. The molecule has 1 rings (SSSR count). The quantitative estimate of drug-likeness (QED) is 0.852. The summed E-state index contributed by atoms with van der Waals surface area (Å²) in [5.41, 5.74) is 1.60. The fraction of sp³-hybridized carbons (Fsp3) is 0.500. The molecule has 0 aliphatic heterocycles. The number of aryl methyl sites for hydroxylation is 2. The number of hydrogen-bond acceptors (Lipinski definition) is 3. The Morgan fingerprint density at radius 1 is 1.56 bits per heavy atom. The lowest BCUT2D eigenvalue weighted by Crippen LogP contribution is -2.15. The van der Waals surface area contributed by atoms with E-state index in [4.69, 9.17) is 9.84 Å². The van der Waals surface area contributed by atoms with Gasteiger partial charge in [-0.3, -0.25) is 0 Å². The van der Waals surface area contributed by atoms with Crippen molar-refractivity contribution in [3.8, 4) is 5.88 Å². The van der Waals surface area contributed by atoms with Crippen molar-refractivity contribution in [1.29, 1.82) is 0 Å². The highest BCUT2D eigenvalue weighted by molar-refractivity contribution is 5.91. The molecule has 0 radical (unpaired) electrons. The van der Waals surface area contributed by atoms with Crippen molar-refractivity contribution in [3.63, 3.8) is 0 Å². The van der Waals surface area contributed by atoms with E-state index in [2.05, 4.69) is 4.98 Å². The summed E-state index contributed by atoms with van der Waals surface area (Å²) >= 11 is 0. The maximum Gasteiger partial charge on any atom is 0.341 e. The average Bonchev–Trinajstić information content (AvgIpc) is 2.15. The van der Waals surface area contributed by atoms with Gasteiger partial charge in [0.05, 0.1) is 6.10 Å². The minimum atomic E-state index is -0.997. The first-order chi connectivity index (χ1) is 7.45. The highest BCUT2D eigenvalue weighted by Crippen LogP contribution is 2.22. The number of aromatic carboxylic acids is 1. The zero-order chi connectivity index (χ0) is 12.3. The first-order valence-corrected chi connectivity index (χ1v) is 5.33. The molecule has 0 aliphatic rings. The second kappa shape index (κ2) is 4.96. The van der Waals surface area contributed by atoms with E-state index in [0.29, 0.717) is 5.56 Å². The van der Waals surface area contributed by atoms with Crippen molar-refractivity contribution < 1.29 is 14.6 Å². The van der Waals surface area contributed by atoms with Crippen LogP contribution in [-0.2, 0) is 0 Å². The van der Waals surface area contributed by atoms with Gasteiger partial charge in [0.2, 0.25) is 5.88 Å². The van der Waals surface area contributed by atoms with Crippen molar-refractivity contribution in [3.05, 3.63) is 22.9 Å². The van der Waals surface area contributed by atoms with E-state index in [-0.39, 0.29) is 17.5 Å². The Labute approximate surface area is 95.3 Å². The van der Waals surface area contributed by atoms with Crippen molar-refractivity contribution in [2.45, 2.75) is 40.2 Å². The largest absolute Gasteiger partial charge is 0.477 e. The summed E-state index contributed by atoms with van der Waals surface area (Å²) in [5.74, 6) is -0.775. The van der Waals surface area contributed by atoms with Crippen LogP contribution in [0.4, 0.5) is 0 Å². The molecule has 1 heterocycles. The molecule has 0 fully saturated rings. The zero-order valence-corrected chi connectivity index (χ0v) is 10.1. The smallest absolute Gasteiger partial charge is 0.341 e. The molecule has 0 aliphatic carbocycles. The van der Waals surface area contributed by atoms with Crippen LogP contribution in [0.3, 0.4) is 0 Å². The molecule has 0 amide bonds. The first-order valence-electron chi connectivity index (χ1n) is 5.33. The minimum absolute atomic E-state index is 0.0354. The van der Waals surface area contributed by atoms with Crippen molar-refractivity contribution in [2.75, 3.05) is 0 Å². The predicted molar refractivity (Wildman–Crippen MR) is 61.1 cm³/mol. The van der Waals surface area contributed by atoms with Crippen molar-refractivity contribution in [1.82, 2.24) is 4.98 Å². The summed E-state index contributed by atoms with van der Waals surface area (Å²) in [5, 5.41) is 9.10. The molecule has 4 heteroatoms. The monoisotopic (exact) mass is 223 g/mol. The molecule has 0 saturated carbocycles. The summed E-state index contributed by atoms with van der Waals surface area (Å²) in [6, 6.07) is 1.74. The van der Waals surface area contributed by atoms with Crippen LogP contribution in [0.25, 0.3) is 0 Å². The molecule has 1 atom stereocenters. The van der Waals surface area contributed by atoms with E-state index in [1.807, 2.05) is 20.8 Å². The molecule has 0 aromatic carbocycles. The maximum absolute atomic E-state index is 11.1. The molecular formula is C12H17NO3. The number of hydrogen-bond donors (Lipinski definition) is 1. The number of pyridine rings is 1. The lowest BCUT2D eigenvalue weighted by molar-refractivity contribution is 0.0687. The van der Waals surface area contributed by atoms with Gasteiger partial charge >= 0.3 is 5.97 Å². The SMILES string of the molecule is CCC(C)Oc1nc(C)cc(C)c1C(=O)O. The molecule has 4 nitrogen and oxygen atoms in total. The molecule has 1 aromatic heterocycles. The van der Waals surface area contributed by atoms with Crippen LogP contribution >= 0.6 is 0 Å². The maximum atomic E-state index is 11.1. The van der Waals surface area contributed by atoms with Gasteiger partial charge < -0.3 is 9.84 Å². The van der Waals surface area contributed by atoms with E-state index in [9.17, 15) is 4.79 Å². The van der Waals surface area contributed by atoms with Gasteiger partial charge in [0.25, 0.3) is 0 Å². The Hall–Kier alpha value is -1.58. The third-order valence-corrected chi connectivity index (χ3v) is 2.41. The highest BCUT2D eigenvalue weighted by atomic mass is 16.5. The molecule has 1 N–H and O–H groups in total. The van der Waals surface area contributed by atoms with E-state index in [1.165, 1.54) is 0 Å². The summed E-state index contributed by atoms with van der Waals surface area (Å²) in [7, 11) is 0. The number of carbonyl (C=O) groups is 1. The fourth-order valence-corrected chi connectivity index (χ4v) is 1.42. The lowest BCUT2D eigenvalue weighted by Gasteiger charge is -2.15. The topological polar surface area (TPSA) is 59.4 Å². The first kappa shape index (κ1) is 12.5. The van der Waals surface area contributed by atoms with Gasteiger partial charge in [-0.05, 0) is 38.8 Å². The molecule has 0 bridgehead atoms. The summed E-state index contributed by atoms with van der Waals surface area (Å²) in [4.78, 5) is 15.2. The van der Waals surface area contributed by atoms with Gasteiger partial charge in [-0.1, -0.05) is 6.92 Å². The number of carboxylic acid groups (broad SMARTS) is 1. The van der Waals surface area contributed by atoms with Gasteiger partial charge in [-0.15, -0.1) is 0 Å². The van der Waals surface area contributed by atoms with Gasteiger partial charge in [-0.25, -0.2) is 9.78 Å². The molecular weight excluding hydrogens is 206 g/mol. The van der Waals surface area contributed by atoms with Crippen LogP contribution in [0.1, 0.15) is 41.9 Å². The number of rotatable bonds is 4. The molecule has 1 unspecified atom stereocenters. The summed E-state index contributed by atoms with van der Waals surface area (Å²) in [6.07, 6.45) is 0.778. The fourth-order valence-electron chi connectivity index (χ4n) is 1.42. The Balaban J connectivity index is 3.19. The van der Waals surface area contributed by atoms with E-state index in [1.54, 1.807) is 13.0 Å². The lowest BCUT2D eigenvalue weighted by atomic mass is 10.1. The third kappa shape index (κ3) is 2.72. The van der Waals surface area contributed by atoms with E-state index in [0.717, 1.165) is 12.1 Å². The Bertz CT molecular complexity index is 401. The van der Waals surface area contributed by atoms with Gasteiger partial charge in [0.15, 0.2) is 0 Å². The van der Waals surface area contributed by atoms with Crippen LogP contribution in [0, 0.1) is 13.8 Å². The molecule has 0 spiro atoms. The minimum Gasteiger partial charge on any atom is -0.477 e. The molecule has 0 saturated heterocycles. The van der Waals surface area contributed by atoms with Gasteiger partial charge in [0.1, 0.15) is 5.56 Å². The van der Waals surface area contributed by atoms with Crippen LogP contribution in [-0.4, -0.2) is 22.2 Å². The van der Waals surface area contributed by atoms with Crippen molar-refractivity contribution >= 4 is 5.97 Å². The number of ether oxygens (including phenoxy) is 1. The van der Waals surface area contributed by atoms with Gasteiger partial charge in [0, 0.05) is 5.69 Å². The zero-order valence-electron chi connectivity index (χ0n) is 10.1. The van der Waals surface area contributed by atoms with E-state index >= 15 is 0 Å². The molecule has 1 aromatic rings. The Morgan fingerprint density at radius 3 is 2.69 bits per heavy atom. The summed E-state index contributed by atoms with van der Waals surface area (Å²) < 4.78 is 5.53. The van der Waals surface area contributed by atoms with Crippen molar-refractivity contribution in [2.24, 2.45) is 0 Å². The Morgan fingerprint density at radius 2 is 2.19 bits per heavy atom. The number of carboxylic acids is 1. The van der Waals surface area contributed by atoms with Crippen LogP contribution in [0.2, 0.25) is 0 Å². The number of aromatic nitrogens is 1. The molecule has 16 heavy (non-hydrogen) atoms. The second-order valence-corrected chi connectivity index (χ2v) is 3.90.